The zero-order valence-electron chi connectivity index (χ0n) is 9.98. The molecule has 0 saturated heterocycles. The van der Waals surface area contributed by atoms with Crippen molar-refractivity contribution in [1.82, 2.24) is 4.90 Å². The van der Waals surface area contributed by atoms with Crippen molar-refractivity contribution in [2.45, 2.75) is 39.2 Å². The Balaban J connectivity index is 3.80. The molecule has 14 heavy (non-hydrogen) atoms. The van der Waals surface area contributed by atoms with Crippen molar-refractivity contribution in [3.63, 3.8) is 0 Å². The van der Waals surface area contributed by atoms with E-state index in [4.69, 9.17) is 4.74 Å². The summed E-state index contributed by atoms with van der Waals surface area (Å²) in [6.45, 7) is 9.96. The highest BCUT2D eigenvalue weighted by atomic mass is 79.9. The Hall–Kier alpha value is 0.400. The van der Waals surface area contributed by atoms with E-state index in [2.05, 4.69) is 41.6 Å². The molecule has 0 aromatic heterocycles. The summed E-state index contributed by atoms with van der Waals surface area (Å²) in [6, 6.07) is 0. The molecule has 0 saturated carbocycles. The van der Waals surface area contributed by atoms with Gasteiger partial charge in [0.25, 0.3) is 0 Å². The standard InChI is InChI=1S/C11H24BrNO/c1-5-8-13(10-7-12)9-6-11(2,3)14-4/h5-10H2,1-4H3. The number of halogens is 1. The summed E-state index contributed by atoms with van der Waals surface area (Å²) in [7, 11) is 1.79. The van der Waals surface area contributed by atoms with Crippen LogP contribution in [0.2, 0.25) is 0 Å². The summed E-state index contributed by atoms with van der Waals surface area (Å²) in [5.41, 5.74) is 0.0122. The lowest BCUT2D eigenvalue weighted by Gasteiger charge is -2.27. The van der Waals surface area contributed by atoms with Crippen LogP contribution in [0.3, 0.4) is 0 Å². The average Bonchev–Trinajstić information content (AvgIpc) is 2.15. The van der Waals surface area contributed by atoms with Gasteiger partial charge in [-0.3, -0.25) is 0 Å². The number of ether oxygens (including phenoxy) is 1. The van der Waals surface area contributed by atoms with Crippen molar-refractivity contribution in [3.8, 4) is 0 Å². The van der Waals surface area contributed by atoms with Gasteiger partial charge in [0.05, 0.1) is 5.60 Å². The van der Waals surface area contributed by atoms with Gasteiger partial charge in [-0.15, -0.1) is 0 Å². The largest absolute Gasteiger partial charge is 0.379 e. The molecule has 0 radical (unpaired) electrons. The lowest BCUT2D eigenvalue weighted by atomic mass is 10.1. The van der Waals surface area contributed by atoms with Crippen LogP contribution in [0.15, 0.2) is 0 Å². The second-order valence-electron chi connectivity index (χ2n) is 4.24. The number of hydrogen-bond acceptors (Lipinski definition) is 2. The third-order valence-electron chi connectivity index (χ3n) is 2.52. The van der Waals surface area contributed by atoms with Crippen molar-refractivity contribution in [2.24, 2.45) is 0 Å². The number of rotatable bonds is 8. The van der Waals surface area contributed by atoms with Crippen LogP contribution in [0.1, 0.15) is 33.6 Å². The average molecular weight is 266 g/mol. The van der Waals surface area contributed by atoms with Gasteiger partial charge in [-0.2, -0.15) is 0 Å². The minimum Gasteiger partial charge on any atom is -0.379 e. The highest BCUT2D eigenvalue weighted by Crippen LogP contribution is 2.13. The van der Waals surface area contributed by atoms with Gasteiger partial charge in [0.15, 0.2) is 0 Å². The zero-order chi connectivity index (χ0) is 11.0. The fraction of sp³-hybridized carbons (Fsp3) is 1.00. The van der Waals surface area contributed by atoms with Crippen LogP contribution in [0.4, 0.5) is 0 Å². The Morgan fingerprint density at radius 2 is 1.86 bits per heavy atom. The first-order valence-corrected chi connectivity index (χ1v) is 6.51. The van der Waals surface area contributed by atoms with Crippen LogP contribution in [0.5, 0.6) is 0 Å². The zero-order valence-corrected chi connectivity index (χ0v) is 11.6. The van der Waals surface area contributed by atoms with E-state index >= 15 is 0 Å². The molecule has 0 aromatic carbocycles. The van der Waals surface area contributed by atoms with E-state index in [1.54, 1.807) is 7.11 Å². The summed E-state index contributed by atoms with van der Waals surface area (Å²) in [6.07, 6.45) is 2.32. The normalized spacial score (nSPS) is 12.4. The summed E-state index contributed by atoms with van der Waals surface area (Å²) in [5.74, 6) is 0. The monoisotopic (exact) mass is 265 g/mol. The maximum absolute atomic E-state index is 5.41. The van der Waals surface area contributed by atoms with E-state index in [1.807, 2.05) is 0 Å². The predicted octanol–water partition coefficient (Wildman–Crippen LogP) is 2.91. The molecule has 3 heteroatoms. The second kappa shape index (κ2) is 7.66. The molecule has 0 bridgehead atoms. The third kappa shape index (κ3) is 6.80. The lowest BCUT2D eigenvalue weighted by molar-refractivity contribution is 0.00788. The molecule has 0 aliphatic carbocycles. The molecule has 0 fully saturated rings. The van der Waals surface area contributed by atoms with E-state index in [0.717, 1.165) is 24.8 Å². The van der Waals surface area contributed by atoms with Crippen LogP contribution in [-0.2, 0) is 4.74 Å². The van der Waals surface area contributed by atoms with Gasteiger partial charge in [0.2, 0.25) is 0 Å². The number of methoxy groups -OCH3 is 1. The summed E-state index contributed by atoms with van der Waals surface area (Å²) in [5, 5.41) is 1.06. The summed E-state index contributed by atoms with van der Waals surface area (Å²) < 4.78 is 5.41. The first-order chi connectivity index (χ1) is 6.55. The maximum atomic E-state index is 5.41. The molecule has 0 aromatic rings. The Morgan fingerprint density at radius 3 is 2.29 bits per heavy atom. The summed E-state index contributed by atoms with van der Waals surface area (Å²) in [4.78, 5) is 2.48. The van der Waals surface area contributed by atoms with E-state index < -0.39 is 0 Å². The highest BCUT2D eigenvalue weighted by Gasteiger charge is 2.17. The Labute approximate surface area is 97.1 Å². The van der Waals surface area contributed by atoms with Crippen LogP contribution in [0, 0.1) is 0 Å². The molecule has 2 nitrogen and oxygen atoms in total. The fourth-order valence-electron chi connectivity index (χ4n) is 1.30. The molecule has 0 aliphatic heterocycles. The molecule has 0 amide bonds. The number of nitrogens with zero attached hydrogens (tertiary/aromatic N) is 1. The van der Waals surface area contributed by atoms with Gasteiger partial charge in [-0.1, -0.05) is 22.9 Å². The van der Waals surface area contributed by atoms with Crippen LogP contribution in [0.25, 0.3) is 0 Å². The SMILES string of the molecule is CCCN(CCBr)CCC(C)(C)OC. The van der Waals surface area contributed by atoms with Gasteiger partial charge in [0, 0.05) is 25.5 Å². The van der Waals surface area contributed by atoms with E-state index in [0.29, 0.717) is 0 Å². The quantitative estimate of drug-likeness (QED) is 0.626. The van der Waals surface area contributed by atoms with Crippen molar-refractivity contribution in [1.29, 1.82) is 0 Å². The molecule has 0 atom stereocenters. The Kier molecular flexibility index (Phi) is 7.88. The van der Waals surface area contributed by atoms with Crippen LogP contribution in [-0.4, -0.2) is 42.6 Å². The van der Waals surface area contributed by atoms with Gasteiger partial charge < -0.3 is 9.64 Å². The van der Waals surface area contributed by atoms with Crippen molar-refractivity contribution in [2.75, 3.05) is 32.1 Å². The molecular weight excluding hydrogens is 242 g/mol. The molecule has 0 aliphatic rings. The molecule has 0 N–H and O–H groups in total. The van der Waals surface area contributed by atoms with Crippen molar-refractivity contribution in [3.05, 3.63) is 0 Å². The Bertz CT molecular complexity index is 133. The minimum atomic E-state index is 0.0122. The fourth-order valence-corrected chi connectivity index (χ4v) is 1.80. The minimum absolute atomic E-state index is 0.0122. The third-order valence-corrected chi connectivity index (χ3v) is 2.88. The van der Waals surface area contributed by atoms with Crippen molar-refractivity contribution >= 4 is 15.9 Å². The smallest absolute Gasteiger partial charge is 0.0634 e. The molecule has 0 rings (SSSR count). The van der Waals surface area contributed by atoms with E-state index in [-0.39, 0.29) is 5.60 Å². The maximum Gasteiger partial charge on any atom is 0.0634 e. The molecular formula is C11H24BrNO. The van der Waals surface area contributed by atoms with Gasteiger partial charge in [-0.05, 0) is 33.2 Å². The molecule has 0 spiro atoms. The van der Waals surface area contributed by atoms with Gasteiger partial charge in [-0.25, -0.2) is 0 Å². The molecule has 86 valence electrons. The second-order valence-corrected chi connectivity index (χ2v) is 5.04. The number of alkyl halides is 1. The Morgan fingerprint density at radius 1 is 1.21 bits per heavy atom. The molecule has 0 unspecified atom stereocenters. The van der Waals surface area contributed by atoms with Crippen molar-refractivity contribution < 1.29 is 4.74 Å². The molecule has 0 heterocycles. The van der Waals surface area contributed by atoms with E-state index in [1.165, 1.54) is 13.0 Å². The number of hydrogen-bond donors (Lipinski definition) is 0. The van der Waals surface area contributed by atoms with Gasteiger partial charge in [0.1, 0.15) is 0 Å². The highest BCUT2D eigenvalue weighted by molar-refractivity contribution is 9.09. The van der Waals surface area contributed by atoms with Gasteiger partial charge >= 0.3 is 0 Å². The first kappa shape index (κ1) is 14.4. The first-order valence-electron chi connectivity index (χ1n) is 5.39. The lowest BCUT2D eigenvalue weighted by Crippen LogP contribution is -2.33. The topological polar surface area (TPSA) is 12.5 Å². The van der Waals surface area contributed by atoms with Crippen LogP contribution >= 0.6 is 15.9 Å². The summed E-state index contributed by atoms with van der Waals surface area (Å²) >= 11 is 3.48. The van der Waals surface area contributed by atoms with Crippen LogP contribution < -0.4 is 0 Å². The van der Waals surface area contributed by atoms with E-state index in [9.17, 15) is 0 Å². The predicted molar refractivity (Wildman–Crippen MR) is 66.2 cm³/mol.